The van der Waals surface area contributed by atoms with E-state index in [1.165, 1.54) is 11.1 Å². The molecule has 0 aliphatic heterocycles. The van der Waals surface area contributed by atoms with Crippen LogP contribution in [-0.4, -0.2) is 18.3 Å². The third-order valence-corrected chi connectivity index (χ3v) is 3.59. The second kappa shape index (κ2) is 8.98. The lowest BCUT2D eigenvalue weighted by Gasteiger charge is -2.07. The van der Waals surface area contributed by atoms with Crippen LogP contribution in [0, 0.1) is 13.8 Å². The number of halogens is 1. The molecule has 0 saturated heterocycles. The summed E-state index contributed by atoms with van der Waals surface area (Å²) in [5.74, 6) is 0.847. The normalized spacial score (nSPS) is 10.5. The molecule has 1 N–H and O–H groups in total. The summed E-state index contributed by atoms with van der Waals surface area (Å²) in [6.45, 7) is 4.93. The van der Waals surface area contributed by atoms with Crippen LogP contribution in [-0.2, 0) is 11.2 Å². The number of rotatable bonds is 8. The molecule has 0 radical (unpaired) electrons. The van der Waals surface area contributed by atoms with Gasteiger partial charge in [-0.05, 0) is 43.4 Å². The Hall–Kier alpha value is -1.02. The monoisotopic (exact) mass is 281 g/mol. The van der Waals surface area contributed by atoms with E-state index < -0.39 is 0 Å². The maximum Gasteiger partial charge on any atom is 0.224 e. The molecule has 106 valence electrons. The summed E-state index contributed by atoms with van der Waals surface area (Å²) in [6.07, 6.45) is 4.86. The number of nitrogens with one attached hydrogen (secondary N) is 1. The van der Waals surface area contributed by atoms with Gasteiger partial charge in [0.2, 0.25) is 5.91 Å². The summed E-state index contributed by atoms with van der Waals surface area (Å²) in [5.41, 5.74) is 3.59. The topological polar surface area (TPSA) is 29.1 Å². The summed E-state index contributed by atoms with van der Waals surface area (Å²) in [4.78, 5) is 11.8. The molecular formula is C16H24ClNO. The first-order valence-corrected chi connectivity index (χ1v) is 7.55. The Morgan fingerprint density at radius 2 is 1.84 bits per heavy atom. The Balaban J connectivity index is 2.21. The maximum absolute atomic E-state index is 11.8. The quantitative estimate of drug-likeness (QED) is 0.570. The molecule has 0 atom stereocenters. The van der Waals surface area contributed by atoms with Gasteiger partial charge in [0.1, 0.15) is 0 Å². The minimum Gasteiger partial charge on any atom is -0.356 e. The predicted octanol–water partition coefficient (Wildman–Crippen LogP) is 3.76. The van der Waals surface area contributed by atoms with Gasteiger partial charge < -0.3 is 5.32 Å². The molecule has 0 spiro atoms. The van der Waals surface area contributed by atoms with Gasteiger partial charge in [0.05, 0.1) is 6.42 Å². The number of benzene rings is 1. The molecule has 1 amide bonds. The van der Waals surface area contributed by atoms with Gasteiger partial charge in [-0.1, -0.05) is 31.0 Å². The second-order valence-corrected chi connectivity index (χ2v) is 5.43. The van der Waals surface area contributed by atoms with Crippen molar-refractivity contribution in [3.05, 3.63) is 34.9 Å². The largest absolute Gasteiger partial charge is 0.356 e. The number of aryl methyl sites for hydroxylation is 2. The fourth-order valence-electron chi connectivity index (χ4n) is 1.96. The highest BCUT2D eigenvalue weighted by molar-refractivity contribution is 6.17. The number of unbranched alkanes of at least 4 members (excludes halogenated alkanes) is 3. The van der Waals surface area contributed by atoms with E-state index in [0.717, 1.165) is 43.7 Å². The van der Waals surface area contributed by atoms with Crippen molar-refractivity contribution in [3.63, 3.8) is 0 Å². The van der Waals surface area contributed by atoms with E-state index in [1.54, 1.807) is 0 Å². The van der Waals surface area contributed by atoms with Crippen LogP contribution in [0.15, 0.2) is 18.2 Å². The fourth-order valence-corrected chi connectivity index (χ4v) is 2.15. The van der Waals surface area contributed by atoms with Crippen molar-refractivity contribution in [2.24, 2.45) is 0 Å². The highest BCUT2D eigenvalue weighted by atomic mass is 35.5. The van der Waals surface area contributed by atoms with Gasteiger partial charge in [0.15, 0.2) is 0 Å². The van der Waals surface area contributed by atoms with Crippen LogP contribution in [0.5, 0.6) is 0 Å². The van der Waals surface area contributed by atoms with Gasteiger partial charge in [-0.15, -0.1) is 11.6 Å². The van der Waals surface area contributed by atoms with Gasteiger partial charge >= 0.3 is 0 Å². The van der Waals surface area contributed by atoms with Crippen molar-refractivity contribution in [1.82, 2.24) is 5.32 Å². The highest BCUT2D eigenvalue weighted by Gasteiger charge is 2.03. The molecule has 1 aromatic rings. The summed E-state index contributed by atoms with van der Waals surface area (Å²) < 4.78 is 0. The zero-order chi connectivity index (χ0) is 14.1. The lowest BCUT2D eigenvalue weighted by Crippen LogP contribution is -2.26. The van der Waals surface area contributed by atoms with Gasteiger partial charge in [0.25, 0.3) is 0 Å². The fraction of sp³-hybridized carbons (Fsp3) is 0.562. The molecule has 2 nitrogen and oxygen atoms in total. The average Bonchev–Trinajstić information content (AvgIpc) is 2.38. The van der Waals surface area contributed by atoms with Crippen LogP contribution in [0.4, 0.5) is 0 Å². The van der Waals surface area contributed by atoms with E-state index in [4.69, 9.17) is 11.6 Å². The van der Waals surface area contributed by atoms with E-state index in [-0.39, 0.29) is 5.91 Å². The van der Waals surface area contributed by atoms with Crippen molar-refractivity contribution >= 4 is 17.5 Å². The van der Waals surface area contributed by atoms with Crippen LogP contribution >= 0.6 is 11.6 Å². The standard InChI is InChI=1S/C16H24ClNO/c1-13-7-8-15(11-14(13)2)12-16(19)18-10-6-4-3-5-9-17/h7-8,11H,3-6,9-10,12H2,1-2H3,(H,18,19). The maximum atomic E-state index is 11.8. The summed E-state index contributed by atoms with van der Waals surface area (Å²) >= 11 is 5.61. The van der Waals surface area contributed by atoms with Gasteiger partial charge in [-0.3, -0.25) is 4.79 Å². The number of carbonyl (C=O) groups is 1. The SMILES string of the molecule is Cc1ccc(CC(=O)NCCCCCCCl)cc1C. The molecule has 1 rings (SSSR count). The summed E-state index contributed by atoms with van der Waals surface area (Å²) in [5, 5.41) is 2.97. The Morgan fingerprint density at radius 3 is 2.53 bits per heavy atom. The highest BCUT2D eigenvalue weighted by Crippen LogP contribution is 2.10. The van der Waals surface area contributed by atoms with Crippen molar-refractivity contribution in [1.29, 1.82) is 0 Å². The Morgan fingerprint density at radius 1 is 1.11 bits per heavy atom. The van der Waals surface area contributed by atoms with Crippen LogP contribution in [0.2, 0.25) is 0 Å². The smallest absolute Gasteiger partial charge is 0.224 e. The van der Waals surface area contributed by atoms with Crippen LogP contribution in [0.3, 0.4) is 0 Å². The third kappa shape index (κ3) is 6.63. The minimum absolute atomic E-state index is 0.112. The lowest BCUT2D eigenvalue weighted by atomic mass is 10.0. The van der Waals surface area contributed by atoms with Crippen LogP contribution in [0.1, 0.15) is 42.4 Å². The van der Waals surface area contributed by atoms with E-state index in [2.05, 4.69) is 31.3 Å². The first-order valence-electron chi connectivity index (χ1n) is 7.02. The molecule has 1 aromatic carbocycles. The van der Waals surface area contributed by atoms with Crippen molar-refractivity contribution in [2.75, 3.05) is 12.4 Å². The summed E-state index contributed by atoms with van der Waals surface area (Å²) in [6, 6.07) is 6.20. The average molecular weight is 282 g/mol. The number of amides is 1. The summed E-state index contributed by atoms with van der Waals surface area (Å²) in [7, 11) is 0. The molecule has 0 bridgehead atoms. The number of hydrogen-bond acceptors (Lipinski definition) is 1. The predicted molar refractivity (Wildman–Crippen MR) is 81.8 cm³/mol. The van der Waals surface area contributed by atoms with Gasteiger partial charge in [-0.25, -0.2) is 0 Å². The van der Waals surface area contributed by atoms with Gasteiger partial charge in [-0.2, -0.15) is 0 Å². The molecule has 0 heterocycles. The Labute approximate surface area is 121 Å². The van der Waals surface area contributed by atoms with E-state index in [0.29, 0.717) is 6.42 Å². The molecular weight excluding hydrogens is 258 g/mol. The first-order chi connectivity index (χ1) is 9.13. The molecule has 3 heteroatoms. The molecule has 0 aromatic heterocycles. The molecule has 0 saturated carbocycles. The Kier molecular flexibility index (Phi) is 7.57. The zero-order valence-electron chi connectivity index (χ0n) is 12.0. The third-order valence-electron chi connectivity index (χ3n) is 3.32. The van der Waals surface area contributed by atoms with Crippen LogP contribution < -0.4 is 5.32 Å². The van der Waals surface area contributed by atoms with Crippen molar-refractivity contribution in [2.45, 2.75) is 46.0 Å². The number of hydrogen-bond donors (Lipinski definition) is 1. The minimum atomic E-state index is 0.112. The van der Waals surface area contributed by atoms with Crippen molar-refractivity contribution < 1.29 is 4.79 Å². The number of carbonyl (C=O) groups excluding carboxylic acids is 1. The van der Waals surface area contributed by atoms with E-state index >= 15 is 0 Å². The Bertz CT molecular complexity index is 404. The first kappa shape index (κ1) is 16.0. The molecule has 0 unspecified atom stereocenters. The zero-order valence-corrected chi connectivity index (χ0v) is 12.7. The molecule has 19 heavy (non-hydrogen) atoms. The van der Waals surface area contributed by atoms with E-state index in [1.807, 2.05) is 6.07 Å². The second-order valence-electron chi connectivity index (χ2n) is 5.05. The number of alkyl halides is 1. The molecule has 0 fully saturated rings. The molecule has 0 aliphatic carbocycles. The lowest BCUT2D eigenvalue weighted by molar-refractivity contribution is -0.120. The van der Waals surface area contributed by atoms with Crippen molar-refractivity contribution in [3.8, 4) is 0 Å². The molecule has 0 aliphatic rings. The van der Waals surface area contributed by atoms with Gasteiger partial charge in [0, 0.05) is 12.4 Å². The van der Waals surface area contributed by atoms with Crippen LogP contribution in [0.25, 0.3) is 0 Å². The van der Waals surface area contributed by atoms with E-state index in [9.17, 15) is 4.79 Å².